The van der Waals surface area contributed by atoms with Gasteiger partial charge in [0.1, 0.15) is 11.3 Å². The van der Waals surface area contributed by atoms with E-state index in [0.717, 1.165) is 0 Å². The fraction of sp³-hybridized carbons (Fsp3) is 0.0769. The molecule has 0 fully saturated rings. The second kappa shape index (κ2) is 5.51. The molecule has 18 heavy (non-hydrogen) atoms. The van der Waals surface area contributed by atoms with Crippen LogP contribution < -0.4 is 4.74 Å². The summed E-state index contributed by atoms with van der Waals surface area (Å²) in [5.41, 5.74) is 0.273. The minimum Gasteiger partial charge on any atom is -0.465 e. The van der Waals surface area contributed by atoms with E-state index >= 15 is 0 Å². The number of hydrogen-bond acceptors (Lipinski definition) is 4. The molecule has 0 spiro atoms. The van der Waals surface area contributed by atoms with Crippen molar-refractivity contribution in [1.29, 1.82) is 0 Å². The molecule has 0 N–H and O–H groups in total. The molecule has 0 radical (unpaired) electrons. The zero-order chi connectivity index (χ0) is 13.0. The number of carbonyl (C=O) groups is 1. The Morgan fingerprint density at radius 3 is 2.61 bits per heavy atom. The molecule has 0 atom stereocenters. The molecule has 1 heterocycles. The van der Waals surface area contributed by atoms with Crippen LogP contribution in [-0.4, -0.2) is 18.1 Å². The average Bonchev–Trinajstić information content (AvgIpc) is 2.41. The first-order valence-electron chi connectivity index (χ1n) is 5.17. The summed E-state index contributed by atoms with van der Waals surface area (Å²) in [5.74, 6) is 0.252. The number of benzene rings is 1. The van der Waals surface area contributed by atoms with Crippen LogP contribution in [0.1, 0.15) is 10.4 Å². The van der Waals surface area contributed by atoms with Crippen molar-refractivity contribution in [2.24, 2.45) is 0 Å². The molecule has 0 saturated heterocycles. The second-order valence-corrected chi connectivity index (χ2v) is 3.84. The summed E-state index contributed by atoms with van der Waals surface area (Å²) in [4.78, 5) is 15.5. The van der Waals surface area contributed by atoms with Gasteiger partial charge in [0, 0.05) is 11.2 Å². The SMILES string of the molecule is COC(=O)c1cccnc1Oc1ccc(Cl)cc1. The van der Waals surface area contributed by atoms with E-state index < -0.39 is 5.97 Å². The Bertz CT molecular complexity index is 554. The number of pyridine rings is 1. The number of ether oxygens (including phenoxy) is 2. The Morgan fingerprint density at radius 2 is 1.94 bits per heavy atom. The van der Waals surface area contributed by atoms with Gasteiger partial charge in [-0.2, -0.15) is 0 Å². The van der Waals surface area contributed by atoms with Gasteiger partial charge in [0.25, 0.3) is 0 Å². The van der Waals surface area contributed by atoms with Crippen LogP contribution in [0.4, 0.5) is 0 Å². The van der Waals surface area contributed by atoms with Crippen molar-refractivity contribution >= 4 is 17.6 Å². The first-order valence-corrected chi connectivity index (χ1v) is 5.55. The molecule has 1 aromatic carbocycles. The molecule has 0 unspecified atom stereocenters. The third kappa shape index (κ3) is 2.78. The minimum absolute atomic E-state index is 0.201. The topological polar surface area (TPSA) is 48.4 Å². The maximum absolute atomic E-state index is 11.5. The van der Waals surface area contributed by atoms with E-state index in [1.807, 2.05) is 0 Å². The predicted molar refractivity (Wildman–Crippen MR) is 67.1 cm³/mol. The maximum Gasteiger partial charge on any atom is 0.343 e. The highest BCUT2D eigenvalue weighted by Crippen LogP contribution is 2.24. The van der Waals surface area contributed by atoms with Crippen LogP contribution in [-0.2, 0) is 4.74 Å². The van der Waals surface area contributed by atoms with Gasteiger partial charge in [-0.15, -0.1) is 0 Å². The van der Waals surface area contributed by atoms with Crippen molar-refractivity contribution < 1.29 is 14.3 Å². The molecule has 0 aliphatic rings. The van der Waals surface area contributed by atoms with Crippen LogP contribution in [0.3, 0.4) is 0 Å². The van der Waals surface area contributed by atoms with E-state index in [2.05, 4.69) is 9.72 Å². The van der Waals surface area contributed by atoms with Crippen LogP contribution in [0.15, 0.2) is 42.6 Å². The summed E-state index contributed by atoms with van der Waals surface area (Å²) < 4.78 is 10.2. The van der Waals surface area contributed by atoms with Crippen molar-refractivity contribution in [3.05, 3.63) is 53.2 Å². The molecule has 2 rings (SSSR count). The summed E-state index contributed by atoms with van der Waals surface area (Å²) in [6.07, 6.45) is 1.54. The monoisotopic (exact) mass is 263 g/mol. The summed E-state index contributed by atoms with van der Waals surface area (Å²) in [5, 5.41) is 0.608. The quantitative estimate of drug-likeness (QED) is 0.797. The number of halogens is 1. The van der Waals surface area contributed by atoms with Crippen molar-refractivity contribution in [3.63, 3.8) is 0 Å². The Balaban J connectivity index is 2.28. The highest BCUT2D eigenvalue weighted by molar-refractivity contribution is 6.30. The number of nitrogens with zero attached hydrogens (tertiary/aromatic N) is 1. The smallest absolute Gasteiger partial charge is 0.343 e. The van der Waals surface area contributed by atoms with Gasteiger partial charge in [-0.1, -0.05) is 11.6 Å². The van der Waals surface area contributed by atoms with Crippen LogP contribution in [0, 0.1) is 0 Å². The lowest BCUT2D eigenvalue weighted by Gasteiger charge is -2.08. The van der Waals surface area contributed by atoms with E-state index in [1.165, 1.54) is 13.3 Å². The molecule has 5 heteroatoms. The standard InChI is InChI=1S/C13H10ClNO3/c1-17-13(16)11-3-2-8-15-12(11)18-10-6-4-9(14)5-7-10/h2-8H,1H3. The second-order valence-electron chi connectivity index (χ2n) is 3.40. The molecule has 0 saturated carbocycles. The van der Waals surface area contributed by atoms with Gasteiger partial charge in [-0.3, -0.25) is 0 Å². The van der Waals surface area contributed by atoms with Crippen molar-refractivity contribution in [2.75, 3.05) is 7.11 Å². The van der Waals surface area contributed by atoms with E-state index in [-0.39, 0.29) is 11.4 Å². The van der Waals surface area contributed by atoms with Crippen LogP contribution in [0.2, 0.25) is 5.02 Å². The number of methoxy groups -OCH3 is 1. The van der Waals surface area contributed by atoms with Gasteiger partial charge in [0.05, 0.1) is 7.11 Å². The van der Waals surface area contributed by atoms with Gasteiger partial charge in [0.2, 0.25) is 5.88 Å². The lowest BCUT2D eigenvalue weighted by atomic mass is 10.3. The molecule has 4 nitrogen and oxygen atoms in total. The largest absolute Gasteiger partial charge is 0.465 e. The molecule has 0 aliphatic heterocycles. The Hall–Kier alpha value is -2.07. The molecule has 2 aromatic rings. The molecule has 0 bridgehead atoms. The van der Waals surface area contributed by atoms with Gasteiger partial charge < -0.3 is 9.47 Å². The predicted octanol–water partition coefficient (Wildman–Crippen LogP) is 3.31. The van der Waals surface area contributed by atoms with Crippen molar-refractivity contribution in [1.82, 2.24) is 4.98 Å². The van der Waals surface area contributed by atoms with E-state index in [4.69, 9.17) is 16.3 Å². The lowest BCUT2D eigenvalue weighted by Crippen LogP contribution is -2.04. The summed E-state index contributed by atoms with van der Waals surface area (Å²) in [6, 6.07) is 10.00. The first kappa shape index (κ1) is 12.4. The molecule has 0 amide bonds. The Labute approximate surface area is 109 Å². The summed E-state index contributed by atoms with van der Waals surface area (Å²) >= 11 is 5.77. The number of rotatable bonds is 3. The van der Waals surface area contributed by atoms with E-state index in [1.54, 1.807) is 36.4 Å². The van der Waals surface area contributed by atoms with Crippen LogP contribution in [0.5, 0.6) is 11.6 Å². The number of esters is 1. The Morgan fingerprint density at radius 1 is 1.22 bits per heavy atom. The van der Waals surface area contributed by atoms with Crippen molar-refractivity contribution in [2.45, 2.75) is 0 Å². The van der Waals surface area contributed by atoms with Gasteiger partial charge in [-0.05, 0) is 36.4 Å². The third-order valence-corrected chi connectivity index (χ3v) is 2.46. The zero-order valence-corrected chi connectivity index (χ0v) is 10.3. The normalized spacial score (nSPS) is 9.89. The summed E-state index contributed by atoms with van der Waals surface area (Å²) in [6.45, 7) is 0. The van der Waals surface area contributed by atoms with E-state index in [9.17, 15) is 4.79 Å². The van der Waals surface area contributed by atoms with Crippen LogP contribution >= 0.6 is 11.6 Å². The molecule has 0 aliphatic carbocycles. The first-order chi connectivity index (χ1) is 8.70. The van der Waals surface area contributed by atoms with Crippen LogP contribution in [0.25, 0.3) is 0 Å². The fourth-order valence-electron chi connectivity index (χ4n) is 1.35. The number of carbonyl (C=O) groups excluding carboxylic acids is 1. The highest BCUT2D eigenvalue weighted by Gasteiger charge is 2.14. The maximum atomic E-state index is 11.5. The van der Waals surface area contributed by atoms with Crippen molar-refractivity contribution in [3.8, 4) is 11.6 Å². The average molecular weight is 264 g/mol. The molecular weight excluding hydrogens is 254 g/mol. The minimum atomic E-state index is -0.493. The highest BCUT2D eigenvalue weighted by atomic mass is 35.5. The third-order valence-electron chi connectivity index (χ3n) is 2.20. The molecule has 1 aromatic heterocycles. The molecule has 92 valence electrons. The lowest BCUT2D eigenvalue weighted by molar-refractivity contribution is 0.0597. The number of hydrogen-bond donors (Lipinski definition) is 0. The Kier molecular flexibility index (Phi) is 3.79. The van der Waals surface area contributed by atoms with E-state index in [0.29, 0.717) is 10.8 Å². The van der Waals surface area contributed by atoms with Gasteiger partial charge >= 0.3 is 5.97 Å². The summed E-state index contributed by atoms with van der Waals surface area (Å²) in [7, 11) is 1.31. The van der Waals surface area contributed by atoms with Gasteiger partial charge in [-0.25, -0.2) is 9.78 Å². The number of aromatic nitrogens is 1. The molecular formula is C13H10ClNO3. The fourth-order valence-corrected chi connectivity index (χ4v) is 1.48. The van der Waals surface area contributed by atoms with Gasteiger partial charge in [0.15, 0.2) is 0 Å². The zero-order valence-electron chi connectivity index (χ0n) is 9.59.